The number of hydrogen-bond acceptors (Lipinski definition) is 6. The van der Waals surface area contributed by atoms with E-state index in [1.165, 1.54) is 12.8 Å². The second kappa shape index (κ2) is 6.54. The summed E-state index contributed by atoms with van der Waals surface area (Å²) in [6.45, 7) is 6.21. The Morgan fingerprint density at radius 1 is 1.26 bits per heavy atom. The van der Waals surface area contributed by atoms with Crippen molar-refractivity contribution in [2.45, 2.75) is 45.6 Å². The van der Waals surface area contributed by atoms with E-state index in [-0.39, 0.29) is 6.10 Å². The smallest absolute Gasteiger partial charge is 0.323 e. The SMILES string of the molecule is CCCC(C)Oc1nc(NC)nc(N2CCCC2)n1. The van der Waals surface area contributed by atoms with Crippen LogP contribution in [0.2, 0.25) is 0 Å². The number of ether oxygens (including phenoxy) is 1. The molecule has 2 heterocycles. The van der Waals surface area contributed by atoms with Gasteiger partial charge in [0.25, 0.3) is 0 Å². The summed E-state index contributed by atoms with van der Waals surface area (Å²) in [5, 5.41) is 2.97. The van der Waals surface area contributed by atoms with Gasteiger partial charge in [-0.1, -0.05) is 13.3 Å². The second-order valence-corrected chi connectivity index (χ2v) is 4.90. The Kier molecular flexibility index (Phi) is 4.76. The summed E-state index contributed by atoms with van der Waals surface area (Å²) in [6.07, 6.45) is 4.61. The van der Waals surface area contributed by atoms with Gasteiger partial charge in [-0.2, -0.15) is 15.0 Å². The molecule has 1 aromatic rings. The van der Waals surface area contributed by atoms with E-state index >= 15 is 0 Å². The fourth-order valence-electron chi connectivity index (χ4n) is 2.21. The van der Waals surface area contributed by atoms with Gasteiger partial charge in [0.05, 0.1) is 6.10 Å². The van der Waals surface area contributed by atoms with Crippen LogP contribution in [-0.4, -0.2) is 41.2 Å². The highest BCUT2D eigenvalue weighted by atomic mass is 16.5. The van der Waals surface area contributed by atoms with Crippen molar-refractivity contribution in [3.8, 4) is 6.01 Å². The maximum absolute atomic E-state index is 5.77. The summed E-state index contributed by atoms with van der Waals surface area (Å²) in [4.78, 5) is 15.3. The van der Waals surface area contributed by atoms with E-state index in [0.29, 0.717) is 12.0 Å². The van der Waals surface area contributed by atoms with E-state index in [1.807, 2.05) is 14.0 Å². The number of aromatic nitrogens is 3. The van der Waals surface area contributed by atoms with Gasteiger partial charge in [0, 0.05) is 20.1 Å². The lowest BCUT2D eigenvalue weighted by atomic mass is 10.2. The van der Waals surface area contributed by atoms with Crippen LogP contribution < -0.4 is 15.0 Å². The average molecular weight is 265 g/mol. The van der Waals surface area contributed by atoms with Gasteiger partial charge in [0.1, 0.15) is 0 Å². The molecule has 1 aliphatic rings. The van der Waals surface area contributed by atoms with Crippen LogP contribution >= 0.6 is 0 Å². The van der Waals surface area contributed by atoms with E-state index in [0.717, 1.165) is 31.9 Å². The molecule has 0 amide bonds. The van der Waals surface area contributed by atoms with Crippen molar-refractivity contribution in [1.29, 1.82) is 0 Å². The number of nitrogens with one attached hydrogen (secondary N) is 1. The zero-order chi connectivity index (χ0) is 13.7. The second-order valence-electron chi connectivity index (χ2n) is 4.90. The molecular formula is C13H23N5O. The summed E-state index contributed by atoms with van der Waals surface area (Å²) >= 11 is 0. The molecule has 1 aliphatic heterocycles. The Labute approximate surface area is 114 Å². The Balaban J connectivity index is 2.15. The summed E-state index contributed by atoms with van der Waals surface area (Å²) in [6, 6.07) is 0.419. The molecule has 1 unspecified atom stereocenters. The molecular weight excluding hydrogens is 242 g/mol. The third-order valence-corrected chi connectivity index (χ3v) is 3.22. The lowest BCUT2D eigenvalue weighted by molar-refractivity contribution is 0.192. The zero-order valence-corrected chi connectivity index (χ0v) is 12.0. The third-order valence-electron chi connectivity index (χ3n) is 3.22. The first kappa shape index (κ1) is 13.8. The zero-order valence-electron chi connectivity index (χ0n) is 12.0. The molecule has 1 aromatic heterocycles. The van der Waals surface area contributed by atoms with Gasteiger partial charge >= 0.3 is 6.01 Å². The van der Waals surface area contributed by atoms with Crippen molar-refractivity contribution < 1.29 is 4.74 Å². The van der Waals surface area contributed by atoms with Gasteiger partial charge in [-0.25, -0.2) is 0 Å². The lowest BCUT2D eigenvalue weighted by Crippen LogP contribution is -2.22. The molecule has 1 saturated heterocycles. The molecule has 0 aromatic carbocycles. The van der Waals surface area contributed by atoms with Gasteiger partial charge in [0.15, 0.2) is 0 Å². The molecule has 0 spiro atoms. The molecule has 0 bridgehead atoms. The Morgan fingerprint density at radius 3 is 2.63 bits per heavy atom. The number of anilines is 2. The minimum absolute atomic E-state index is 0.128. The standard InChI is InChI=1S/C13H23N5O/c1-4-7-10(2)19-13-16-11(14-3)15-12(17-13)18-8-5-6-9-18/h10H,4-9H2,1-3H3,(H,14,15,16,17). The van der Waals surface area contributed by atoms with Gasteiger partial charge in [0.2, 0.25) is 11.9 Å². The third kappa shape index (κ3) is 3.68. The molecule has 19 heavy (non-hydrogen) atoms. The largest absolute Gasteiger partial charge is 0.460 e. The van der Waals surface area contributed by atoms with E-state index in [9.17, 15) is 0 Å². The molecule has 0 saturated carbocycles. The molecule has 1 fully saturated rings. The van der Waals surface area contributed by atoms with E-state index in [1.54, 1.807) is 0 Å². The van der Waals surface area contributed by atoms with Gasteiger partial charge in [-0.15, -0.1) is 0 Å². The van der Waals surface area contributed by atoms with E-state index < -0.39 is 0 Å². The molecule has 2 rings (SSSR count). The first-order chi connectivity index (χ1) is 9.22. The fraction of sp³-hybridized carbons (Fsp3) is 0.769. The number of nitrogens with zero attached hydrogens (tertiary/aromatic N) is 4. The molecule has 6 heteroatoms. The first-order valence-corrected chi connectivity index (χ1v) is 7.08. The quantitative estimate of drug-likeness (QED) is 0.849. The topological polar surface area (TPSA) is 63.2 Å². The normalized spacial score (nSPS) is 16.5. The van der Waals surface area contributed by atoms with Crippen LogP contribution in [0.15, 0.2) is 0 Å². The van der Waals surface area contributed by atoms with Crippen LogP contribution in [0.25, 0.3) is 0 Å². The number of hydrogen-bond donors (Lipinski definition) is 1. The molecule has 0 radical (unpaired) electrons. The number of rotatable bonds is 6. The molecule has 1 atom stereocenters. The highest BCUT2D eigenvalue weighted by molar-refractivity contribution is 5.38. The lowest BCUT2D eigenvalue weighted by Gasteiger charge is -2.18. The highest BCUT2D eigenvalue weighted by Gasteiger charge is 2.18. The van der Waals surface area contributed by atoms with Crippen LogP contribution in [0.1, 0.15) is 39.5 Å². The Bertz CT molecular complexity index is 406. The first-order valence-electron chi connectivity index (χ1n) is 7.08. The van der Waals surface area contributed by atoms with Crippen molar-refractivity contribution in [1.82, 2.24) is 15.0 Å². The minimum atomic E-state index is 0.128. The predicted octanol–water partition coefficient (Wildman–Crippen LogP) is 2.08. The maximum atomic E-state index is 5.77. The summed E-state index contributed by atoms with van der Waals surface area (Å²) in [7, 11) is 1.81. The van der Waals surface area contributed by atoms with Crippen molar-refractivity contribution in [2.24, 2.45) is 0 Å². The van der Waals surface area contributed by atoms with Crippen LogP contribution in [0.4, 0.5) is 11.9 Å². The van der Waals surface area contributed by atoms with Crippen LogP contribution in [-0.2, 0) is 0 Å². The van der Waals surface area contributed by atoms with Gasteiger partial charge < -0.3 is 15.0 Å². The van der Waals surface area contributed by atoms with E-state index in [2.05, 4.69) is 32.1 Å². The van der Waals surface area contributed by atoms with Gasteiger partial charge in [-0.05, 0) is 26.2 Å². The summed E-state index contributed by atoms with van der Waals surface area (Å²) < 4.78 is 5.77. The van der Waals surface area contributed by atoms with Crippen molar-refractivity contribution in [3.05, 3.63) is 0 Å². The Hall–Kier alpha value is -1.59. The van der Waals surface area contributed by atoms with Crippen molar-refractivity contribution in [3.63, 3.8) is 0 Å². The Morgan fingerprint density at radius 2 is 2.00 bits per heavy atom. The fourth-order valence-corrected chi connectivity index (χ4v) is 2.21. The molecule has 6 nitrogen and oxygen atoms in total. The van der Waals surface area contributed by atoms with Crippen LogP contribution in [0.3, 0.4) is 0 Å². The molecule has 106 valence electrons. The van der Waals surface area contributed by atoms with Crippen molar-refractivity contribution in [2.75, 3.05) is 30.4 Å². The highest BCUT2D eigenvalue weighted by Crippen LogP contribution is 2.20. The average Bonchev–Trinajstić information content (AvgIpc) is 2.92. The van der Waals surface area contributed by atoms with Crippen LogP contribution in [0.5, 0.6) is 6.01 Å². The van der Waals surface area contributed by atoms with Crippen molar-refractivity contribution >= 4 is 11.9 Å². The maximum Gasteiger partial charge on any atom is 0.323 e. The van der Waals surface area contributed by atoms with Gasteiger partial charge in [-0.3, -0.25) is 0 Å². The molecule has 0 aliphatic carbocycles. The van der Waals surface area contributed by atoms with Crippen LogP contribution in [0, 0.1) is 0 Å². The monoisotopic (exact) mass is 265 g/mol. The minimum Gasteiger partial charge on any atom is -0.460 e. The van der Waals surface area contributed by atoms with E-state index in [4.69, 9.17) is 4.74 Å². The summed E-state index contributed by atoms with van der Waals surface area (Å²) in [5.41, 5.74) is 0. The predicted molar refractivity (Wildman–Crippen MR) is 75.8 cm³/mol. The molecule has 1 N–H and O–H groups in total. The summed E-state index contributed by atoms with van der Waals surface area (Å²) in [5.74, 6) is 1.28.